The fourth-order valence-corrected chi connectivity index (χ4v) is 1.91. The van der Waals surface area contributed by atoms with Crippen molar-refractivity contribution in [2.75, 3.05) is 6.54 Å². The summed E-state index contributed by atoms with van der Waals surface area (Å²) in [5.41, 5.74) is 6.04. The van der Waals surface area contributed by atoms with Crippen molar-refractivity contribution in [1.29, 1.82) is 0 Å². The largest absolute Gasteiger partial charge is 0.326 e. The molecule has 78 valence electrons. The molecule has 3 atom stereocenters. The fraction of sp³-hybridized carbons (Fsp3) is 1.00. The first-order chi connectivity index (χ1) is 6.24. The molecule has 3 unspecified atom stereocenters. The van der Waals surface area contributed by atoms with Gasteiger partial charge in [0.25, 0.3) is 0 Å². The Balaban J connectivity index is 2.18. The van der Waals surface area contributed by atoms with Crippen LogP contribution in [0.25, 0.3) is 0 Å². The molecule has 0 bridgehead atoms. The van der Waals surface area contributed by atoms with E-state index in [1.165, 1.54) is 32.1 Å². The molecule has 0 aliphatic heterocycles. The van der Waals surface area contributed by atoms with E-state index in [0.29, 0.717) is 12.1 Å². The first kappa shape index (κ1) is 11.0. The highest BCUT2D eigenvalue weighted by molar-refractivity contribution is 4.83. The molecule has 3 N–H and O–H groups in total. The van der Waals surface area contributed by atoms with Crippen LogP contribution in [-0.4, -0.2) is 18.6 Å². The van der Waals surface area contributed by atoms with Crippen LogP contribution in [0.4, 0.5) is 0 Å². The lowest BCUT2D eigenvalue weighted by Gasteiger charge is -2.30. The molecular formula is C11H24N2. The van der Waals surface area contributed by atoms with Crippen LogP contribution in [0.15, 0.2) is 0 Å². The van der Waals surface area contributed by atoms with Crippen molar-refractivity contribution in [2.45, 2.75) is 58.0 Å². The maximum absolute atomic E-state index is 6.04. The number of rotatable bonds is 4. The fourth-order valence-electron chi connectivity index (χ4n) is 1.91. The van der Waals surface area contributed by atoms with Gasteiger partial charge in [-0.2, -0.15) is 0 Å². The average Bonchev–Trinajstić information content (AvgIpc) is 2.16. The molecule has 0 heterocycles. The molecule has 13 heavy (non-hydrogen) atoms. The van der Waals surface area contributed by atoms with E-state index in [2.05, 4.69) is 19.2 Å². The summed E-state index contributed by atoms with van der Waals surface area (Å²) in [6, 6.07) is 0.987. The third-order valence-corrected chi connectivity index (χ3v) is 3.24. The van der Waals surface area contributed by atoms with Crippen LogP contribution in [-0.2, 0) is 0 Å². The molecule has 0 amide bonds. The number of hydrogen-bond acceptors (Lipinski definition) is 2. The van der Waals surface area contributed by atoms with Gasteiger partial charge in [-0.15, -0.1) is 0 Å². The zero-order valence-electron chi connectivity index (χ0n) is 9.05. The third kappa shape index (κ3) is 3.65. The summed E-state index contributed by atoms with van der Waals surface area (Å²) in [6.45, 7) is 5.67. The number of nitrogens with two attached hydrogens (primary N) is 1. The van der Waals surface area contributed by atoms with Gasteiger partial charge >= 0.3 is 0 Å². The van der Waals surface area contributed by atoms with Crippen molar-refractivity contribution in [3.05, 3.63) is 0 Å². The van der Waals surface area contributed by atoms with Crippen LogP contribution >= 0.6 is 0 Å². The summed E-state index contributed by atoms with van der Waals surface area (Å²) in [4.78, 5) is 0. The maximum Gasteiger partial charge on any atom is 0.0219 e. The minimum atomic E-state index is 0.401. The van der Waals surface area contributed by atoms with Crippen molar-refractivity contribution in [3.63, 3.8) is 0 Å². The summed E-state index contributed by atoms with van der Waals surface area (Å²) < 4.78 is 0. The Morgan fingerprint density at radius 1 is 1.38 bits per heavy atom. The molecule has 2 heteroatoms. The minimum Gasteiger partial charge on any atom is -0.326 e. The molecule has 0 aromatic rings. The first-order valence-electron chi connectivity index (χ1n) is 5.73. The van der Waals surface area contributed by atoms with E-state index < -0.39 is 0 Å². The van der Waals surface area contributed by atoms with Gasteiger partial charge in [0.15, 0.2) is 0 Å². The van der Waals surface area contributed by atoms with Crippen molar-refractivity contribution in [2.24, 2.45) is 11.7 Å². The average molecular weight is 184 g/mol. The molecule has 0 radical (unpaired) electrons. The van der Waals surface area contributed by atoms with Crippen LogP contribution in [0.1, 0.15) is 46.0 Å². The van der Waals surface area contributed by atoms with Crippen molar-refractivity contribution >= 4 is 0 Å². The summed E-state index contributed by atoms with van der Waals surface area (Å²) >= 11 is 0. The zero-order valence-corrected chi connectivity index (χ0v) is 9.05. The smallest absolute Gasteiger partial charge is 0.0219 e. The second kappa shape index (κ2) is 5.61. The van der Waals surface area contributed by atoms with Gasteiger partial charge in [0.2, 0.25) is 0 Å². The summed E-state index contributed by atoms with van der Waals surface area (Å²) in [7, 11) is 0. The highest BCUT2D eigenvalue weighted by Crippen LogP contribution is 2.17. The minimum absolute atomic E-state index is 0.401. The molecule has 1 aliphatic rings. The van der Waals surface area contributed by atoms with E-state index >= 15 is 0 Å². The van der Waals surface area contributed by atoms with E-state index in [9.17, 15) is 0 Å². The molecule has 0 aromatic carbocycles. The van der Waals surface area contributed by atoms with E-state index in [-0.39, 0.29) is 0 Å². The van der Waals surface area contributed by atoms with Gasteiger partial charge in [-0.05, 0) is 25.3 Å². The molecule has 1 rings (SSSR count). The maximum atomic E-state index is 6.04. The Bertz CT molecular complexity index is 136. The SMILES string of the molecule is CCC(C)CNC1CCCCC1N. The van der Waals surface area contributed by atoms with Crippen LogP contribution < -0.4 is 11.1 Å². The molecule has 0 spiro atoms. The quantitative estimate of drug-likeness (QED) is 0.700. The van der Waals surface area contributed by atoms with Gasteiger partial charge < -0.3 is 11.1 Å². The van der Waals surface area contributed by atoms with Crippen LogP contribution in [0, 0.1) is 5.92 Å². The first-order valence-corrected chi connectivity index (χ1v) is 5.73. The number of nitrogens with one attached hydrogen (secondary N) is 1. The van der Waals surface area contributed by atoms with Crippen LogP contribution in [0.2, 0.25) is 0 Å². The molecule has 1 aliphatic carbocycles. The van der Waals surface area contributed by atoms with E-state index in [1.807, 2.05) is 0 Å². The lowest BCUT2D eigenvalue weighted by atomic mass is 9.90. The van der Waals surface area contributed by atoms with E-state index in [4.69, 9.17) is 5.73 Å². The van der Waals surface area contributed by atoms with Crippen molar-refractivity contribution < 1.29 is 0 Å². The van der Waals surface area contributed by atoms with E-state index in [1.54, 1.807) is 0 Å². The Morgan fingerprint density at radius 2 is 2.08 bits per heavy atom. The summed E-state index contributed by atoms with van der Waals surface area (Å²) in [5.74, 6) is 0.786. The zero-order chi connectivity index (χ0) is 9.68. The Morgan fingerprint density at radius 3 is 2.69 bits per heavy atom. The third-order valence-electron chi connectivity index (χ3n) is 3.24. The van der Waals surface area contributed by atoms with Gasteiger partial charge in [-0.1, -0.05) is 33.1 Å². The summed E-state index contributed by atoms with van der Waals surface area (Å²) in [6.07, 6.45) is 6.42. The lowest BCUT2D eigenvalue weighted by molar-refractivity contribution is 0.312. The molecule has 2 nitrogen and oxygen atoms in total. The topological polar surface area (TPSA) is 38.0 Å². The van der Waals surface area contributed by atoms with Gasteiger partial charge in [-0.25, -0.2) is 0 Å². The number of hydrogen-bond donors (Lipinski definition) is 2. The predicted octanol–water partition coefficient (Wildman–Crippen LogP) is 1.89. The van der Waals surface area contributed by atoms with Crippen molar-refractivity contribution in [3.8, 4) is 0 Å². The Labute approximate surface area is 82.3 Å². The molecule has 0 aromatic heterocycles. The normalized spacial score (nSPS) is 31.6. The van der Waals surface area contributed by atoms with E-state index in [0.717, 1.165) is 12.5 Å². The Hall–Kier alpha value is -0.0800. The highest BCUT2D eigenvalue weighted by Gasteiger charge is 2.20. The van der Waals surface area contributed by atoms with Crippen LogP contribution in [0.5, 0.6) is 0 Å². The second-order valence-electron chi connectivity index (χ2n) is 4.48. The van der Waals surface area contributed by atoms with Gasteiger partial charge in [0.05, 0.1) is 0 Å². The standard InChI is InChI=1S/C11H24N2/c1-3-9(2)8-13-11-7-5-4-6-10(11)12/h9-11,13H,3-8,12H2,1-2H3. The monoisotopic (exact) mass is 184 g/mol. The van der Waals surface area contributed by atoms with Crippen LogP contribution in [0.3, 0.4) is 0 Å². The lowest BCUT2D eigenvalue weighted by Crippen LogP contribution is -2.48. The van der Waals surface area contributed by atoms with Gasteiger partial charge in [0, 0.05) is 12.1 Å². The second-order valence-corrected chi connectivity index (χ2v) is 4.48. The molecule has 0 saturated heterocycles. The van der Waals surface area contributed by atoms with Crippen molar-refractivity contribution in [1.82, 2.24) is 5.32 Å². The van der Waals surface area contributed by atoms with Gasteiger partial charge in [0.1, 0.15) is 0 Å². The molecule has 1 saturated carbocycles. The predicted molar refractivity (Wildman–Crippen MR) is 57.7 cm³/mol. The Kier molecular flexibility index (Phi) is 4.74. The molecule has 1 fully saturated rings. The van der Waals surface area contributed by atoms with Gasteiger partial charge in [-0.3, -0.25) is 0 Å². The molecular weight excluding hydrogens is 160 g/mol. The highest BCUT2D eigenvalue weighted by atomic mass is 15.0. The summed E-state index contributed by atoms with van der Waals surface area (Å²) in [5, 5.41) is 3.60.